The third-order valence-corrected chi connectivity index (χ3v) is 4.59. The number of nitrogens with one attached hydrogen (secondary N) is 3. The van der Waals surface area contributed by atoms with E-state index in [0.29, 0.717) is 12.5 Å². The van der Waals surface area contributed by atoms with Crippen molar-refractivity contribution in [3.8, 4) is 0 Å². The molecule has 7 heteroatoms. The molecule has 2 atom stereocenters. The summed E-state index contributed by atoms with van der Waals surface area (Å²) in [6.07, 6.45) is 2.06. The van der Waals surface area contributed by atoms with Crippen LogP contribution in [0.3, 0.4) is 0 Å². The molecular weight excluding hydrogens is 356 g/mol. The van der Waals surface area contributed by atoms with Crippen molar-refractivity contribution in [2.75, 3.05) is 26.7 Å². The molecule has 7 nitrogen and oxygen atoms in total. The first-order valence-electron chi connectivity index (χ1n) is 10.3. The van der Waals surface area contributed by atoms with Crippen molar-refractivity contribution in [3.63, 3.8) is 0 Å². The van der Waals surface area contributed by atoms with Crippen LogP contribution in [0, 0.1) is 11.3 Å². The van der Waals surface area contributed by atoms with Gasteiger partial charge in [-0.25, -0.2) is 4.79 Å². The predicted molar refractivity (Wildman–Crippen MR) is 115 cm³/mol. The van der Waals surface area contributed by atoms with E-state index in [4.69, 9.17) is 9.47 Å². The molecule has 0 radical (unpaired) electrons. The van der Waals surface area contributed by atoms with Gasteiger partial charge < -0.3 is 25.4 Å². The van der Waals surface area contributed by atoms with Gasteiger partial charge in [0.25, 0.3) is 0 Å². The van der Waals surface area contributed by atoms with Crippen molar-refractivity contribution in [1.82, 2.24) is 16.0 Å². The number of guanidine groups is 1. The van der Waals surface area contributed by atoms with Crippen LogP contribution in [-0.4, -0.2) is 56.0 Å². The summed E-state index contributed by atoms with van der Waals surface area (Å²) in [6.45, 7) is 18.3. The summed E-state index contributed by atoms with van der Waals surface area (Å²) < 4.78 is 11.4. The average molecular weight is 399 g/mol. The summed E-state index contributed by atoms with van der Waals surface area (Å²) in [5.41, 5.74) is -0.887. The third kappa shape index (κ3) is 9.13. The van der Waals surface area contributed by atoms with Gasteiger partial charge in [0, 0.05) is 32.7 Å². The van der Waals surface area contributed by atoms with Gasteiger partial charge in [-0.15, -0.1) is 0 Å². The number of alkyl carbamates (subject to hydrolysis) is 1. The van der Waals surface area contributed by atoms with E-state index >= 15 is 0 Å². The van der Waals surface area contributed by atoms with Gasteiger partial charge >= 0.3 is 6.09 Å². The fourth-order valence-electron chi connectivity index (χ4n) is 3.39. The minimum atomic E-state index is -0.517. The molecule has 28 heavy (non-hydrogen) atoms. The largest absolute Gasteiger partial charge is 0.444 e. The summed E-state index contributed by atoms with van der Waals surface area (Å²) >= 11 is 0. The molecule has 164 valence electrons. The summed E-state index contributed by atoms with van der Waals surface area (Å²) in [6, 6.07) is 0. The van der Waals surface area contributed by atoms with E-state index in [1.54, 1.807) is 7.05 Å². The number of nitrogens with zero attached hydrogens (tertiary/aromatic N) is 1. The van der Waals surface area contributed by atoms with Crippen LogP contribution in [0.25, 0.3) is 0 Å². The van der Waals surface area contributed by atoms with Crippen molar-refractivity contribution >= 4 is 12.1 Å². The molecule has 0 bridgehead atoms. The molecule has 3 N–H and O–H groups in total. The zero-order valence-corrected chi connectivity index (χ0v) is 19.4. The number of hydrogen-bond donors (Lipinski definition) is 3. The Labute approximate surface area is 171 Å². The second kappa shape index (κ2) is 9.81. The van der Waals surface area contributed by atoms with Crippen LogP contribution in [0.4, 0.5) is 4.79 Å². The first-order chi connectivity index (χ1) is 12.7. The molecule has 2 unspecified atom stereocenters. The number of carbonyl (C=O) groups is 1. The molecule has 0 aromatic heterocycles. The highest BCUT2D eigenvalue weighted by atomic mass is 16.6. The van der Waals surface area contributed by atoms with Crippen LogP contribution in [0.2, 0.25) is 0 Å². The number of aliphatic imine (C=N–C) groups is 1. The molecule has 0 aromatic rings. The van der Waals surface area contributed by atoms with E-state index in [0.717, 1.165) is 32.0 Å². The van der Waals surface area contributed by atoms with E-state index in [-0.39, 0.29) is 11.5 Å². The van der Waals surface area contributed by atoms with Gasteiger partial charge in [0.05, 0.1) is 11.6 Å². The van der Waals surface area contributed by atoms with Crippen LogP contribution in [0.5, 0.6) is 0 Å². The number of amides is 1. The minimum Gasteiger partial charge on any atom is -0.444 e. The summed E-state index contributed by atoms with van der Waals surface area (Å²) in [5.74, 6) is 1.16. The Morgan fingerprint density at radius 1 is 1.11 bits per heavy atom. The SMILES string of the molecule is CN=C(NCC1CCCOC1C(C)(C)C)NCC(C)(C)NC(=O)OC(C)(C)C. The fraction of sp³-hybridized carbons (Fsp3) is 0.905. The molecule has 1 rings (SSSR count). The molecule has 1 amide bonds. The normalized spacial score (nSPS) is 21.8. The van der Waals surface area contributed by atoms with Gasteiger partial charge in [0.1, 0.15) is 5.60 Å². The quantitative estimate of drug-likeness (QED) is 0.489. The summed E-state index contributed by atoms with van der Waals surface area (Å²) in [4.78, 5) is 16.3. The van der Waals surface area contributed by atoms with E-state index in [1.165, 1.54) is 0 Å². The topological polar surface area (TPSA) is 84.0 Å². The Morgan fingerprint density at radius 3 is 2.29 bits per heavy atom. The molecule has 0 aromatic carbocycles. The molecule has 1 aliphatic rings. The van der Waals surface area contributed by atoms with Crippen molar-refractivity contribution in [2.24, 2.45) is 16.3 Å². The molecule has 0 saturated carbocycles. The monoisotopic (exact) mass is 398 g/mol. The second-order valence-electron chi connectivity index (χ2n) is 10.4. The number of carbonyl (C=O) groups excluding carboxylic acids is 1. The van der Waals surface area contributed by atoms with Crippen LogP contribution in [-0.2, 0) is 9.47 Å². The Hall–Kier alpha value is -1.50. The number of hydrogen-bond acceptors (Lipinski definition) is 4. The van der Waals surface area contributed by atoms with Crippen molar-refractivity contribution in [2.45, 2.75) is 85.5 Å². The maximum atomic E-state index is 12.0. The maximum Gasteiger partial charge on any atom is 0.408 e. The molecule has 1 saturated heterocycles. The van der Waals surface area contributed by atoms with Crippen LogP contribution in [0.1, 0.15) is 68.2 Å². The van der Waals surface area contributed by atoms with Crippen LogP contribution in [0.15, 0.2) is 4.99 Å². The van der Waals surface area contributed by atoms with E-state index in [2.05, 4.69) is 41.7 Å². The molecule has 0 aliphatic carbocycles. The lowest BCUT2D eigenvalue weighted by Gasteiger charge is -2.40. The van der Waals surface area contributed by atoms with Gasteiger partial charge in [-0.1, -0.05) is 20.8 Å². The molecule has 1 fully saturated rings. The highest BCUT2D eigenvalue weighted by Crippen LogP contribution is 2.33. The van der Waals surface area contributed by atoms with E-state index in [1.807, 2.05) is 34.6 Å². The first-order valence-corrected chi connectivity index (χ1v) is 10.3. The first kappa shape index (κ1) is 24.5. The lowest BCUT2D eigenvalue weighted by Crippen LogP contribution is -2.55. The van der Waals surface area contributed by atoms with Gasteiger partial charge in [-0.3, -0.25) is 4.99 Å². The zero-order chi connectivity index (χ0) is 21.6. The molecular formula is C21H42N4O3. The third-order valence-electron chi connectivity index (χ3n) is 4.59. The van der Waals surface area contributed by atoms with Crippen LogP contribution < -0.4 is 16.0 Å². The molecule has 1 heterocycles. The smallest absolute Gasteiger partial charge is 0.408 e. The minimum absolute atomic E-state index is 0.114. The second-order valence-corrected chi connectivity index (χ2v) is 10.4. The highest BCUT2D eigenvalue weighted by molar-refractivity contribution is 5.79. The molecule has 1 aliphatic heterocycles. The zero-order valence-electron chi connectivity index (χ0n) is 19.4. The van der Waals surface area contributed by atoms with Crippen LogP contribution >= 0.6 is 0 Å². The predicted octanol–water partition coefficient (Wildman–Crippen LogP) is 3.30. The maximum absolute atomic E-state index is 12.0. The van der Waals surface area contributed by atoms with Gasteiger partial charge in [-0.2, -0.15) is 0 Å². The van der Waals surface area contributed by atoms with Crippen molar-refractivity contribution in [3.05, 3.63) is 0 Å². The lowest BCUT2D eigenvalue weighted by molar-refractivity contribution is -0.0835. The fourth-order valence-corrected chi connectivity index (χ4v) is 3.39. The van der Waals surface area contributed by atoms with Crippen molar-refractivity contribution < 1.29 is 14.3 Å². The Morgan fingerprint density at radius 2 is 1.75 bits per heavy atom. The lowest BCUT2D eigenvalue weighted by atomic mass is 9.78. The average Bonchev–Trinajstić information content (AvgIpc) is 2.52. The molecule has 0 spiro atoms. The highest BCUT2D eigenvalue weighted by Gasteiger charge is 2.35. The summed E-state index contributed by atoms with van der Waals surface area (Å²) in [5, 5.41) is 9.62. The van der Waals surface area contributed by atoms with Gasteiger partial charge in [-0.05, 0) is 52.9 Å². The van der Waals surface area contributed by atoms with Gasteiger partial charge in [0.15, 0.2) is 5.96 Å². The van der Waals surface area contributed by atoms with E-state index in [9.17, 15) is 4.79 Å². The van der Waals surface area contributed by atoms with Crippen molar-refractivity contribution in [1.29, 1.82) is 0 Å². The Bertz CT molecular complexity index is 533. The Balaban J connectivity index is 2.52. The Kier molecular flexibility index (Phi) is 8.60. The number of ether oxygens (including phenoxy) is 2. The summed E-state index contributed by atoms with van der Waals surface area (Å²) in [7, 11) is 1.75. The number of rotatable bonds is 5. The standard InChI is InChI=1S/C21H42N4O3/c1-19(2,3)16-15(11-10-12-27-16)13-23-17(22-9)24-14-21(7,8)25-18(26)28-20(4,5)6/h15-16H,10-14H2,1-9H3,(H,25,26)(H2,22,23,24). The van der Waals surface area contributed by atoms with Gasteiger partial charge in [0.2, 0.25) is 0 Å². The van der Waals surface area contributed by atoms with E-state index < -0.39 is 17.2 Å².